The van der Waals surface area contributed by atoms with Gasteiger partial charge in [-0.1, -0.05) is 18.0 Å². The van der Waals surface area contributed by atoms with E-state index in [2.05, 4.69) is 9.88 Å². The maximum Gasteiger partial charge on any atom is 0.128 e. The first-order valence-corrected chi connectivity index (χ1v) is 7.55. The highest BCUT2D eigenvalue weighted by Crippen LogP contribution is 2.45. The summed E-state index contributed by atoms with van der Waals surface area (Å²) in [5.41, 5.74) is 0.985. The van der Waals surface area contributed by atoms with Gasteiger partial charge < -0.3 is 10.0 Å². The van der Waals surface area contributed by atoms with Crippen molar-refractivity contribution in [2.45, 2.75) is 45.1 Å². The van der Waals surface area contributed by atoms with Crippen LogP contribution in [0.3, 0.4) is 0 Å². The Labute approximate surface area is 119 Å². The van der Waals surface area contributed by atoms with Crippen LogP contribution in [0.25, 0.3) is 0 Å². The third-order valence-electron chi connectivity index (χ3n) is 4.80. The Morgan fingerprint density at radius 1 is 1.37 bits per heavy atom. The highest BCUT2D eigenvalue weighted by Gasteiger charge is 2.44. The molecular formula is C15H21ClN2O. The lowest BCUT2D eigenvalue weighted by Crippen LogP contribution is -2.47. The van der Waals surface area contributed by atoms with Crippen LogP contribution >= 0.6 is 11.6 Å². The van der Waals surface area contributed by atoms with Crippen molar-refractivity contribution in [1.29, 1.82) is 0 Å². The van der Waals surface area contributed by atoms with Gasteiger partial charge in [-0.05, 0) is 44.7 Å². The number of aliphatic hydroxyl groups is 1. The van der Waals surface area contributed by atoms with Crippen molar-refractivity contribution in [2.24, 2.45) is 5.41 Å². The molecule has 0 aromatic carbocycles. The number of hydrogen-bond acceptors (Lipinski definition) is 3. The number of aryl methyl sites for hydroxylation is 1. The molecule has 104 valence electrons. The van der Waals surface area contributed by atoms with Gasteiger partial charge in [-0.3, -0.25) is 0 Å². The van der Waals surface area contributed by atoms with E-state index in [0.717, 1.165) is 61.7 Å². The highest BCUT2D eigenvalue weighted by atomic mass is 35.5. The number of aromatic nitrogens is 1. The van der Waals surface area contributed by atoms with E-state index in [1.807, 2.05) is 19.1 Å². The van der Waals surface area contributed by atoms with E-state index in [1.54, 1.807) is 0 Å². The van der Waals surface area contributed by atoms with E-state index >= 15 is 0 Å². The predicted molar refractivity (Wildman–Crippen MR) is 77.7 cm³/mol. The first-order valence-electron chi connectivity index (χ1n) is 7.17. The first kappa shape index (κ1) is 13.2. The Morgan fingerprint density at radius 2 is 2.16 bits per heavy atom. The minimum absolute atomic E-state index is 0.105. The molecule has 1 aliphatic heterocycles. The number of halogens is 1. The van der Waals surface area contributed by atoms with Crippen LogP contribution in [0.1, 0.15) is 37.8 Å². The standard InChI is InChI=1S/C15H21ClN2O/c1-11-12(16)5-6-14(17-11)18-9-3-8-15(10-18)7-2-4-13(15)19/h5-6,13,19H,2-4,7-10H2,1H3/t13-,15+/m1/s1. The Morgan fingerprint density at radius 3 is 2.84 bits per heavy atom. The van der Waals surface area contributed by atoms with E-state index in [1.165, 1.54) is 0 Å². The van der Waals surface area contributed by atoms with Crippen molar-refractivity contribution in [1.82, 2.24) is 4.98 Å². The highest BCUT2D eigenvalue weighted by molar-refractivity contribution is 6.31. The van der Waals surface area contributed by atoms with Gasteiger partial charge in [0.05, 0.1) is 16.8 Å². The van der Waals surface area contributed by atoms with Crippen molar-refractivity contribution in [3.05, 3.63) is 22.8 Å². The smallest absolute Gasteiger partial charge is 0.128 e. The summed E-state index contributed by atoms with van der Waals surface area (Å²) in [7, 11) is 0. The summed E-state index contributed by atoms with van der Waals surface area (Å²) in [5, 5.41) is 11.0. The molecule has 3 rings (SSSR count). The summed E-state index contributed by atoms with van der Waals surface area (Å²) in [6, 6.07) is 3.92. The van der Waals surface area contributed by atoms with Gasteiger partial charge >= 0.3 is 0 Å². The van der Waals surface area contributed by atoms with E-state index in [0.29, 0.717) is 0 Å². The Bertz CT molecular complexity index is 479. The summed E-state index contributed by atoms with van der Waals surface area (Å²) in [6.45, 7) is 3.90. The summed E-state index contributed by atoms with van der Waals surface area (Å²) in [5.74, 6) is 1.00. The van der Waals surface area contributed by atoms with Crippen LogP contribution in [-0.2, 0) is 0 Å². The molecule has 1 aromatic heterocycles. The number of piperidine rings is 1. The topological polar surface area (TPSA) is 36.4 Å². The Kier molecular flexibility index (Phi) is 3.44. The minimum Gasteiger partial charge on any atom is -0.392 e. The maximum absolute atomic E-state index is 10.3. The maximum atomic E-state index is 10.3. The molecule has 4 heteroatoms. The van der Waals surface area contributed by atoms with Crippen LogP contribution in [-0.4, -0.2) is 29.3 Å². The van der Waals surface area contributed by atoms with Gasteiger partial charge in [-0.2, -0.15) is 0 Å². The summed E-state index contributed by atoms with van der Waals surface area (Å²) in [6.07, 6.45) is 5.42. The predicted octanol–water partition coefficient (Wildman–Crippen LogP) is 3.17. The van der Waals surface area contributed by atoms with E-state index < -0.39 is 0 Å². The zero-order valence-electron chi connectivity index (χ0n) is 11.4. The quantitative estimate of drug-likeness (QED) is 0.858. The van der Waals surface area contributed by atoms with Crippen molar-refractivity contribution in [3.8, 4) is 0 Å². The largest absolute Gasteiger partial charge is 0.392 e. The molecule has 0 bridgehead atoms. The summed E-state index contributed by atoms with van der Waals surface area (Å²) >= 11 is 6.04. The van der Waals surface area contributed by atoms with Gasteiger partial charge in [0.1, 0.15) is 5.82 Å². The van der Waals surface area contributed by atoms with Crippen LogP contribution in [0.4, 0.5) is 5.82 Å². The molecule has 0 radical (unpaired) electrons. The second-order valence-electron chi connectivity index (χ2n) is 6.03. The monoisotopic (exact) mass is 280 g/mol. The lowest BCUT2D eigenvalue weighted by Gasteiger charge is -2.43. The van der Waals surface area contributed by atoms with Crippen molar-refractivity contribution < 1.29 is 5.11 Å². The first-order chi connectivity index (χ1) is 9.11. The van der Waals surface area contributed by atoms with E-state index in [-0.39, 0.29) is 11.5 Å². The fourth-order valence-electron chi connectivity index (χ4n) is 3.66. The second-order valence-corrected chi connectivity index (χ2v) is 6.44. The number of rotatable bonds is 1. The molecule has 1 spiro atoms. The zero-order chi connectivity index (χ0) is 13.5. The van der Waals surface area contributed by atoms with Gasteiger partial charge in [-0.25, -0.2) is 4.98 Å². The molecule has 1 aliphatic carbocycles. The molecule has 2 fully saturated rings. The number of hydrogen-bond donors (Lipinski definition) is 1. The molecule has 1 saturated carbocycles. The molecule has 3 nitrogen and oxygen atoms in total. The number of pyridine rings is 1. The molecule has 1 saturated heterocycles. The third-order valence-corrected chi connectivity index (χ3v) is 5.20. The number of nitrogens with zero attached hydrogens (tertiary/aromatic N) is 2. The van der Waals surface area contributed by atoms with Crippen LogP contribution in [0.15, 0.2) is 12.1 Å². The van der Waals surface area contributed by atoms with Crippen molar-refractivity contribution >= 4 is 17.4 Å². The lowest BCUT2D eigenvalue weighted by atomic mass is 9.77. The fourth-order valence-corrected chi connectivity index (χ4v) is 3.76. The van der Waals surface area contributed by atoms with Crippen LogP contribution in [0, 0.1) is 12.3 Å². The Hall–Kier alpha value is -0.800. The van der Waals surface area contributed by atoms with Crippen LogP contribution in [0.5, 0.6) is 0 Å². The average Bonchev–Trinajstić information content (AvgIpc) is 2.74. The lowest BCUT2D eigenvalue weighted by molar-refractivity contribution is 0.0408. The summed E-state index contributed by atoms with van der Waals surface area (Å²) < 4.78 is 0. The molecular weight excluding hydrogens is 260 g/mol. The number of aliphatic hydroxyl groups excluding tert-OH is 1. The van der Waals surface area contributed by atoms with Crippen LogP contribution in [0.2, 0.25) is 5.02 Å². The van der Waals surface area contributed by atoms with Crippen LogP contribution < -0.4 is 4.90 Å². The van der Waals surface area contributed by atoms with Gasteiger partial charge in [0.25, 0.3) is 0 Å². The molecule has 1 N–H and O–H groups in total. The number of anilines is 1. The molecule has 1 aromatic rings. The van der Waals surface area contributed by atoms with Crippen molar-refractivity contribution in [3.63, 3.8) is 0 Å². The normalized spacial score (nSPS) is 31.1. The fraction of sp³-hybridized carbons (Fsp3) is 0.667. The van der Waals surface area contributed by atoms with Gasteiger partial charge in [0.15, 0.2) is 0 Å². The van der Waals surface area contributed by atoms with Crippen molar-refractivity contribution in [2.75, 3.05) is 18.0 Å². The van der Waals surface area contributed by atoms with Gasteiger partial charge in [-0.15, -0.1) is 0 Å². The second kappa shape index (κ2) is 4.95. The van der Waals surface area contributed by atoms with E-state index in [9.17, 15) is 5.11 Å². The van der Waals surface area contributed by atoms with E-state index in [4.69, 9.17) is 11.6 Å². The van der Waals surface area contributed by atoms with Gasteiger partial charge in [0, 0.05) is 18.5 Å². The molecule has 2 aliphatic rings. The average molecular weight is 281 g/mol. The molecule has 0 amide bonds. The molecule has 2 atom stereocenters. The zero-order valence-corrected chi connectivity index (χ0v) is 12.2. The van der Waals surface area contributed by atoms with Gasteiger partial charge in [0.2, 0.25) is 0 Å². The SMILES string of the molecule is Cc1nc(N2CCC[C@@]3(CCC[C@H]3O)C2)ccc1Cl. The molecule has 2 heterocycles. The molecule has 0 unspecified atom stereocenters. The minimum atomic E-state index is -0.135. The third kappa shape index (κ3) is 2.34. The Balaban J connectivity index is 1.83. The summed E-state index contributed by atoms with van der Waals surface area (Å²) in [4.78, 5) is 6.91. The molecule has 19 heavy (non-hydrogen) atoms.